The minimum atomic E-state index is -3.51. The zero-order chi connectivity index (χ0) is 20.6. The van der Waals surface area contributed by atoms with E-state index >= 15 is 0 Å². The second-order valence-electron chi connectivity index (χ2n) is 7.11. The summed E-state index contributed by atoms with van der Waals surface area (Å²) in [5.74, 6) is -0.0661. The first kappa shape index (κ1) is 19.9. The molecule has 0 saturated carbocycles. The van der Waals surface area contributed by atoms with Crippen molar-refractivity contribution in [1.82, 2.24) is 13.8 Å². The van der Waals surface area contributed by atoms with Crippen LogP contribution < -0.4 is 0 Å². The number of aromatic nitrogens is 1. The molecule has 0 radical (unpaired) electrons. The molecule has 29 heavy (non-hydrogen) atoms. The predicted octanol–water partition coefficient (Wildman–Crippen LogP) is 3.30. The lowest BCUT2D eigenvalue weighted by Gasteiger charge is -2.34. The number of benzene rings is 1. The maximum Gasteiger partial charge on any atom is 0.253 e. The van der Waals surface area contributed by atoms with E-state index < -0.39 is 10.0 Å². The number of aryl methyl sites for hydroxylation is 2. The Bertz CT molecular complexity index is 1110. The maximum atomic E-state index is 12.9. The Morgan fingerprint density at radius 2 is 1.59 bits per heavy atom. The standard InChI is InChI=1S/C21H23N3O3S2/c1-16-15-20(17(2)28-16)29(26,27)24-13-11-23(12-14-24)21(25)18-5-7-19(8-6-18)22-9-3-4-10-22/h3-10,15H,11-14H2,1-2H3. The van der Waals surface area contributed by atoms with Gasteiger partial charge in [0.15, 0.2) is 0 Å². The van der Waals surface area contributed by atoms with Crippen LogP contribution in [0, 0.1) is 13.8 Å². The summed E-state index contributed by atoms with van der Waals surface area (Å²) in [4.78, 5) is 16.7. The van der Waals surface area contributed by atoms with Crippen LogP contribution in [0.25, 0.3) is 5.69 Å². The van der Waals surface area contributed by atoms with Gasteiger partial charge in [-0.15, -0.1) is 11.3 Å². The number of nitrogens with zero attached hydrogens (tertiary/aromatic N) is 3. The summed E-state index contributed by atoms with van der Waals surface area (Å²) >= 11 is 1.49. The highest BCUT2D eigenvalue weighted by atomic mass is 32.2. The van der Waals surface area contributed by atoms with Crippen LogP contribution in [-0.4, -0.2) is 54.3 Å². The summed E-state index contributed by atoms with van der Waals surface area (Å²) in [7, 11) is -3.51. The fourth-order valence-electron chi connectivity index (χ4n) is 3.60. The Labute approximate surface area is 175 Å². The van der Waals surface area contributed by atoms with E-state index in [0.717, 1.165) is 15.4 Å². The van der Waals surface area contributed by atoms with Crippen LogP contribution in [0.2, 0.25) is 0 Å². The largest absolute Gasteiger partial charge is 0.336 e. The van der Waals surface area contributed by atoms with E-state index in [1.54, 1.807) is 11.0 Å². The monoisotopic (exact) mass is 429 g/mol. The number of rotatable bonds is 4. The third kappa shape index (κ3) is 3.88. The van der Waals surface area contributed by atoms with E-state index in [1.165, 1.54) is 15.6 Å². The highest BCUT2D eigenvalue weighted by Gasteiger charge is 2.32. The predicted molar refractivity (Wildman–Crippen MR) is 114 cm³/mol. The van der Waals surface area contributed by atoms with Crippen LogP contribution in [0.3, 0.4) is 0 Å². The van der Waals surface area contributed by atoms with Crippen molar-refractivity contribution in [1.29, 1.82) is 0 Å². The lowest BCUT2D eigenvalue weighted by molar-refractivity contribution is 0.0698. The van der Waals surface area contributed by atoms with Crippen LogP contribution >= 0.6 is 11.3 Å². The molecule has 0 spiro atoms. The molecular formula is C21H23N3O3S2. The molecule has 6 nitrogen and oxygen atoms in total. The smallest absolute Gasteiger partial charge is 0.253 e. The van der Waals surface area contributed by atoms with E-state index in [-0.39, 0.29) is 5.91 Å². The molecule has 0 bridgehead atoms. The Hall–Kier alpha value is -2.42. The third-order valence-electron chi connectivity index (χ3n) is 5.16. The van der Waals surface area contributed by atoms with Crippen molar-refractivity contribution < 1.29 is 13.2 Å². The SMILES string of the molecule is Cc1cc(S(=O)(=O)N2CCN(C(=O)c3ccc(-n4cccc4)cc3)CC2)c(C)s1. The number of thiophene rings is 1. The molecule has 0 N–H and O–H groups in total. The molecular weight excluding hydrogens is 406 g/mol. The number of carbonyl (C=O) groups is 1. The lowest BCUT2D eigenvalue weighted by Crippen LogP contribution is -2.50. The van der Waals surface area contributed by atoms with Gasteiger partial charge in [0.2, 0.25) is 10.0 Å². The molecule has 0 atom stereocenters. The Balaban J connectivity index is 1.43. The summed E-state index contributed by atoms with van der Waals surface area (Å²) < 4.78 is 29.4. The number of piperazine rings is 1. The van der Waals surface area contributed by atoms with Gasteiger partial charge in [-0.05, 0) is 56.3 Å². The zero-order valence-corrected chi connectivity index (χ0v) is 18.0. The first-order chi connectivity index (χ1) is 13.9. The van der Waals surface area contributed by atoms with Crippen molar-refractivity contribution in [3.63, 3.8) is 0 Å². The van der Waals surface area contributed by atoms with Crippen LogP contribution in [0.5, 0.6) is 0 Å². The topological polar surface area (TPSA) is 62.6 Å². The molecule has 1 saturated heterocycles. The molecule has 2 aromatic heterocycles. The minimum absolute atomic E-state index is 0.0661. The van der Waals surface area contributed by atoms with Gasteiger partial charge in [0.05, 0.1) is 4.90 Å². The van der Waals surface area contributed by atoms with Gasteiger partial charge in [-0.25, -0.2) is 8.42 Å². The molecule has 152 valence electrons. The first-order valence-electron chi connectivity index (χ1n) is 9.46. The fourth-order valence-corrected chi connectivity index (χ4v) is 6.55. The molecule has 1 aliphatic rings. The summed E-state index contributed by atoms with van der Waals surface area (Å²) in [6.07, 6.45) is 3.90. The van der Waals surface area contributed by atoms with E-state index in [9.17, 15) is 13.2 Å². The molecule has 1 aliphatic heterocycles. The van der Waals surface area contributed by atoms with Gasteiger partial charge in [0.25, 0.3) is 5.91 Å². The highest BCUT2D eigenvalue weighted by molar-refractivity contribution is 7.89. The first-order valence-corrected chi connectivity index (χ1v) is 11.7. The number of hydrogen-bond donors (Lipinski definition) is 0. The Kier molecular flexibility index (Phi) is 5.33. The van der Waals surface area contributed by atoms with Crippen molar-refractivity contribution in [3.05, 3.63) is 70.2 Å². The normalized spacial score (nSPS) is 15.6. The number of amides is 1. The molecule has 8 heteroatoms. The molecule has 1 aromatic carbocycles. The minimum Gasteiger partial charge on any atom is -0.336 e. The van der Waals surface area contributed by atoms with Gasteiger partial charge in [-0.1, -0.05) is 0 Å². The van der Waals surface area contributed by atoms with Gasteiger partial charge in [-0.2, -0.15) is 4.31 Å². The van der Waals surface area contributed by atoms with Gasteiger partial charge >= 0.3 is 0 Å². The maximum absolute atomic E-state index is 12.9. The van der Waals surface area contributed by atoms with E-state index in [2.05, 4.69) is 0 Å². The van der Waals surface area contributed by atoms with E-state index in [1.807, 2.05) is 67.2 Å². The zero-order valence-electron chi connectivity index (χ0n) is 16.4. The number of hydrogen-bond acceptors (Lipinski definition) is 4. The van der Waals surface area contributed by atoms with Crippen molar-refractivity contribution in [2.45, 2.75) is 18.7 Å². The average molecular weight is 430 g/mol. The van der Waals surface area contributed by atoms with Crippen molar-refractivity contribution in [2.75, 3.05) is 26.2 Å². The van der Waals surface area contributed by atoms with Crippen molar-refractivity contribution >= 4 is 27.3 Å². The van der Waals surface area contributed by atoms with Crippen molar-refractivity contribution in [2.24, 2.45) is 0 Å². The second kappa shape index (κ2) is 7.78. The summed E-state index contributed by atoms with van der Waals surface area (Å²) in [6, 6.07) is 13.1. The molecule has 4 rings (SSSR count). The number of sulfonamides is 1. The van der Waals surface area contributed by atoms with Gasteiger partial charge in [0.1, 0.15) is 0 Å². The molecule has 1 fully saturated rings. The van der Waals surface area contributed by atoms with Crippen LogP contribution in [0.15, 0.2) is 59.8 Å². The van der Waals surface area contributed by atoms with Crippen LogP contribution in [0.1, 0.15) is 20.1 Å². The third-order valence-corrected chi connectivity index (χ3v) is 8.28. The Morgan fingerprint density at radius 3 is 2.14 bits per heavy atom. The van der Waals surface area contributed by atoms with Crippen molar-refractivity contribution in [3.8, 4) is 5.69 Å². The average Bonchev–Trinajstić information content (AvgIpc) is 3.37. The molecule has 0 aliphatic carbocycles. The molecule has 0 unspecified atom stereocenters. The summed E-state index contributed by atoms with van der Waals surface area (Å²) in [5, 5.41) is 0. The van der Waals surface area contributed by atoms with Crippen LogP contribution in [0.4, 0.5) is 0 Å². The summed E-state index contributed by atoms with van der Waals surface area (Å²) in [5.41, 5.74) is 1.60. The molecule has 3 heterocycles. The second-order valence-corrected chi connectivity index (χ2v) is 10.5. The Morgan fingerprint density at radius 1 is 0.966 bits per heavy atom. The van der Waals surface area contributed by atoms with Gasteiger partial charge < -0.3 is 9.47 Å². The quantitative estimate of drug-likeness (QED) is 0.639. The lowest BCUT2D eigenvalue weighted by atomic mass is 10.1. The number of carbonyl (C=O) groups excluding carboxylic acids is 1. The van der Waals surface area contributed by atoms with E-state index in [4.69, 9.17) is 0 Å². The molecule has 1 amide bonds. The summed E-state index contributed by atoms with van der Waals surface area (Å²) in [6.45, 7) is 5.14. The fraction of sp³-hybridized carbons (Fsp3) is 0.286. The highest BCUT2D eigenvalue weighted by Crippen LogP contribution is 2.28. The van der Waals surface area contributed by atoms with Gasteiger partial charge in [-0.3, -0.25) is 4.79 Å². The van der Waals surface area contributed by atoms with Crippen LogP contribution in [-0.2, 0) is 10.0 Å². The van der Waals surface area contributed by atoms with E-state index in [0.29, 0.717) is 36.6 Å². The molecule has 3 aromatic rings. The van der Waals surface area contributed by atoms with Gasteiger partial charge in [0, 0.05) is 59.6 Å².